The van der Waals surface area contributed by atoms with E-state index in [1.807, 2.05) is 6.92 Å². The molecule has 16 heavy (non-hydrogen) atoms. The predicted molar refractivity (Wildman–Crippen MR) is 66.3 cm³/mol. The SMILES string of the molecule is CCOCCn1ccc2cccc(CN)c21. The third-order valence-corrected chi connectivity index (χ3v) is 2.77. The first-order valence-electron chi connectivity index (χ1n) is 5.71. The second-order valence-corrected chi connectivity index (χ2v) is 3.77. The highest BCUT2D eigenvalue weighted by molar-refractivity contribution is 5.83. The first-order chi connectivity index (χ1) is 7.86. The zero-order valence-electron chi connectivity index (χ0n) is 9.65. The fourth-order valence-corrected chi connectivity index (χ4v) is 2.00. The average Bonchev–Trinajstić information content (AvgIpc) is 2.73. The summed E-state index contributed by atoms with van der Waals surface area (Å²) in [7, 11) is 0. The molecule has 0 bridgehead atoms. The lowest BCUT2D eigenvalue weighted by molar-refractivity contribution is 0.140. The average molecular weight is 218 g/mol. The Balaban J connectivity index is 2.30. The molecule has 0 aliphatic rings. The van der Waals surface area contributed by atoms with Gasteiger partial charge < -0.3 is 15.0 Å². The Morgan fingerprint density at radius 1 is 1.31 bits per heavy atom. The van der Waals surface area contributed by atoms with Crippen molar-refractivity contribution in [2.75, 3.05) is 13.2 Å². The number of para-hydroxylation sites is 1. The molecule has 0 fully saturated rings. The molecule has 1 aromatic carbocycles. The maximum atomic E-state index is 5.75. The van der Waals surface area contributed by atoms with Crippen LogP contribution >= 0.6 is 0 Å². The quantitative estimate of drug-likeness (QED) is 0.781. The molecule has 2 aromatic rings. The van der Waals surface area contributed by atoms with Gasteiger partial charge in [-0.3, -0.25) is 0 Å². The highest BCUT2D eigenvalue weighted by Crippen LogP contribution is 2.19. The van der Waals surface area contributed by atoms with Crippen molar-refractivity contribution in [3.8, 4) is 0 Å². The van der Waals surface area contributed by atoms with E-state index in [0.717, 1.165) is 19.8 Å². The van der Waals surface area contributed by atoms with Crippen molar-refractivity contribution in [3.05, 3.63) is 36.0 Å². The van der Waals surface area contributed by atoms with Crippen molar-refractivity contribution in [2.45, 2.75) is 20.0 Å². The van der Waals surface area contributed by atoms with E-state index in [1.54, 1.807) is 0 Å². The van der Waals surface area contributed by atoms with Gasteiger partial charge in [-0.15, -0.1) is 0 Å². The van der Waals surface area contributed by atoms with Crippen LogP contribution in [0.3, 0.4) is 0 Å². The van der Waals surface area contributed by atoms with Crippen LogP contribution in [-0.2, 0) is 17.8 Å². The molecular weight excluding hydrogens is 200 g/mol. The van der Waals surface area contributed by atoms with Crippen molar-refractivity contribution >= 4 is 10.9 Å². The lowest BCUT2D eigenvalue weighted by Gasteiger charge is -2.08. The molecule has 1 aromatic heterocycles. The molecular formula is C13H18N2O. The van der Waals surface area contributed by atoms with E-state index in [4.69, 9.17) is 10.5 Å². The maximum absolute atomic E-state index is 5.75. The van der Waals surface area contributed by atoms with E-state index < -0.39 is 0 Å². The molecule has 2 rings (SSSR count). The van der Waals surface area contributed by atoms with Gasteiger partial charge in [0, 0.05) is 25.9 Å². The van der Waals surface area contributed by atoms with Crippen LogP contribution in [0.1, 0.15) is 12.5 Å². The van der Waals surface area contributed by atoms with Crippen molar-refractivity contribution in [1.29, 1.82) is 0 Å². The van der Waals surface area contributed by atoms with Crippen LogP contribution < -0.4 is 5.73 Å². The molecule has 0 radical (unpaired) electrons. The number of nitrogens with two attached hydrogens (primary N) is 1. The van der Waals surface area contributed by atoms with Gasteiger partial charge in [0.2, 0.25) is 0 Å². The molecule has 3 heteroatoms. The summed E-state index contributed by atoms with van der Waals surface area (Å²) >= 11 is 0. The number of hydrogen-bond acceptors (Lipinski definition) is 2. The van der Waals surface area contributed by atoms with Crippen LogP contribution in [0.5, 0.6) is 0 Å². The predicted octanol–water partition coefficient (Wildman–Crippen LogP) is 2.14. The number of hydrogen-bond donors (Lipinski definition) is 1. The van der Waals surface area contributed by atoms with Gasteiger partial charge in [0.05, 0.1) is 12.1 Å². The Hall–Kier alpha value is -1.32. The molecule has 0 spiro atoms. The van der Waals surface area contributed by atoms with Gasteiger partial charge in [-0.1, -0.05) is 18.2 Å². The molecule has 0 saturated heterocycles. The largest absolute Gasteiger partial charge is 0.380 e. The van der Waals surface area contributed by atoms with Gasteiger partial charge in [-0.2, -0.15) is 0 Å². The second-order valence-electron chi connectivity index (χ2n) is 3.77. The van der Waals surface area contributed by atoms with Gasteiger partial charge in [-0.05, 0) is 23.9 Å². The van der Waals surface area contributed by atoms with Gasteiger partial charge >= 0.3 is 0 Å². The van der Waals surface area contributed by atoms with Crippen molar-refractivity contribution < 1.29 is 4.74 Å². The number of aromatic nitrogens is 1. The van der Waals surface area contributed by atoms with E-state index in [1.165, 1.54) is 16.5 Å². The van der Waals surface area contributed by atoms with Crippen LogP contribution in [0.4, 0.5) is 0 Å². The number of fused-ring (bicyclic) bond motifs is 1. The van der Waals surface area contributed by atoms with E-state index in [9.17, 15) is 0 Å². The Bertz CT molecular complexity index is 462. The Morgan fingerprint density at radius 2 is 2.19 bits per heavy atom. The minimum atomic E-state index is 0.579. The summed E-state index contributed by atoms with van der Waals surface area (Å²) in [6, 6.07) is 8.38. The highest BCUT2D eigenvalue weighted by atomic mass is 16.5. The minimum absolute atomic E-state index is 0.579. The summed E-state index contributed by atoms with van der Waals surface area (Å²) < 4.78 is 7.59. The molecule has 0 saturated carbocycles. The number of ether oxygens (including phenoxy) is 1. The zero-order chi connectivity index (χ0) is 11.4. The van der Waals surface area contributed by atoms with Gasteiger partial charge in [0.15, 0.2) is 0 Å². The van der Waals surface area contributed by atoms with Crippen LogP contribution in [0.15, 0.2) is 30.5 Å². The summed E-state index contributed by atoms with van der Waals surface area (Å²) in [4.78, 5) is 0. The van der Waals surface area contributed by atoms with E-state index in [-0.39, 0.29) is 0 Å². The zero-order valence-corrected chi connectivity index (χ0v) is 9.65. The molecule has 0 aliphatic carbocycles. The first kappa shape index (κ1) is 11.2. The van der Waals surface area contributed by atoms with E-state index >= 15 is 0 Å². The summed E-state index contributed by atoms with van der Waals surface area (Å²) in [6.07, 6.45) is 2.10. The topological polar surface area (TPSA) is 40.2 Å². The van der Waals surface area contributed by atoms with Crippen LogP contribution in [0.25, 0.3) is 10.9 Å². The standard InChI is InChI=1S/C13H18N2O/c1-2-16-9-8-15-7-6-11-4-3-5-12(10-14)13(11)15/h3-7H,2,8-10,14H2,1H3. The highest BCUT2D eigenvalue weighted by Gasteiger charge is 2.04. The second kappa shape index (κ2) is 5.14. The molecule has 1 heterocycles. The summed E-state index contributed by atoms with van der Waals surface area (Å²) in [5.41, 5.74) is 8.19. The van der Waals surface area contributed by atoms with Gasteiger partial charge in [0.25, 0.3) is 0 Å². The molecule has 0 unspecified atom stereocenters. The maximum Gasteiger partial charge on any atom is 0.0645 e. The molecule has 0 atom stereocenters. The van der Waals surface area contributed by atoms with Crippen molar-refractivity contribution in [1.82, 2.24) is 4.57 Å². The van der Waals surface area contributed by atoms with Crippen LogP contribution in [0, 0.1) is 0 Å². The lowest BCUT2D eigenvalue weighted by Crippen LogP contribution is -2.07. The minimum Gasteiger partial charge on any atom is -0.380 e. The normalized spacial score (nSPS) is 11.1. The third-order valence-electron chi connectivity index (χ3n) is 2.77. The first-order valence-corrected chi connectivity index (χ1v) is 5.71. The fraction of sp³-hybridized carbons (Fsp3) is 0.385. The molecule has 0 aliphatic heterocycles. The lowest BCUT2D eigenvalue weighted by atomic mass is 10.1. The smallest absolute Gasteiger partial charge is 0.0645 e. The van der Waals surface area contributed by atoms with E-state index in [0.29, 0.717) is 6.54 Å². The van der Waals surface area contributed by atoms with Crippen molar-refractivity contribution in [2.24, 2.45) is 5.73 Å². The van der Waals surface area contributed by atoms with Crippen LogP contribution in [0.2, 0.25) is 0 Å². The molecule has 86 valence electrons. The van der Waals surface area contributed by atoms with Crippen molar-refractivity contribution in [3.63, 3.8) is 0 Å². The van der Waals surface area contributed by atoms with Crippen LogP contribution in [-0.4, -0.2) is 17.8 Å². The number of rotatable bonds is 5. The fourth-order valence-electron chi connectivity index (χ4n) is 2.00. The summed E-state index contributed by atoms with van der Waals surface area (Å²) in [5.74, 6) is 0. The number of nitrogens with zero attached hydrogens (tertiary/aromatic N) is 1. The Labute approximate surface area is 95.8 Å². The van der Waals surface area contributed by atoms with E-state index in [2.05, 4.69) is 35.0 Å². The Kier molecular flexibility index (Phi) is 3.59. The molecule has 0 amide bonds. The molecule has 3 nitrogen and oxygen atoms in total. The Morgan fingerprint density at radius 3 is 2.94 bits per heavy atom. The summed E-state index contributed by atoms with van der Waals surface area (Å²) in [6.45, 7) is 4.99. The third kappa shape index (κ3) is 2.10. The molecule has 2 N–H and O–H groups in total. The summed E-state index contributed by atoms with van der Waals surface area (Å²) in [5, 5.41) is 1.25. The monoisotopic (exact) mass is 218 g/mol. The van der Waals surface area contributed by atoms with Gasteiger partial charge in [0.1, 0.15) is 0 Å². The number of benzene rings is 1. The van der Waals surface area contributed by atoms with Gasteiger partial charge in [-0.25, -0.2) is 0 Å².